The Morgan fingerprint density at radius 1 is 0.976 bits per heavy atom. The number of ether oxygens (including phenoxy) is 3. The molecule has 0 saturated carbocycles. The molecule has 1 aliphatic heterocycles. The summed E-state index contributed by atoms with van der Waals surface area (Å²) >= 11 is 1.42. The van der Waals surface area contributed by atoms with Gasteiger partial charge in [0.15, 0.2) is 0 Å². The molecule has 42 heavy (non-hydrogen) atoms. The van der Waals surface area contributed by atoms with Crippen LogP contribution in [0.5, 0.6) is 11.5 Å². The van der Waals surface area contributed by atoms with Crippen molar-refractivity contribution in [3.8, 4) is 11.5 Å². The lowest BCUT2D eigenvalue weighted by Gasteiger charge is -2.37. The molecule has 0 unspecified atom stereocenters. The number of nitrogens with zero attached hydrogens (tertiary/aromatic N) is 3. The smallest absolute Gasteiger partial charge is 0.353 e. The summed E-state index contributed by atoms with van der Waals surface area (Å²) in [6.45, 7) is 1.49. The fourth-order valence-corrected chi connectivity index (χ4v) is 6.50. The third-order valence-corrected chi connectivity index (χ3v) is 8.70. The molecule has 2 N–H and O–H groups in total. The van der Waals surface area contributed by atoms with Gasteiger partial charge in [-0.1, -0.05) is 54.6 Å². The van der Waals surface area contributed by atoms with Crippen molar-refractivity contribution >= 4 is 23.6 Å². The Morgan fingerprint density at radius 2 is 1.55 bits per heavy atom. The molecule has 11 heteroatoms. The van der Waals surface area contributed by atoms with E-state index in [-0.39, 0.29) is 23.7 Å². The van der Waals surface area contributed by atoms with Gasteiger partial charge in [0.05, 0.1) is 37.6 Å². The molecule has 1 fully saturated rings. The van der Waals surface area contributed by atoms with E-state index in [1.165, 1.54) is 29.6 Å². The molecule has 1 saturated heterocycles. The summed E-state index contributed by atoms with van der Waals surface area (Å²) in [6, 6.07) is 25.4. The Labute approximate surface area is 247 Å². The van der Waals surface area contributed by atoms with E-state index in [2.05, 4.69) is 15.3 Å². The van der Waals surface area contributed by atoms with Crippen LogP contribution in [0.3, 0.4) is 0 Å². The average molecular weight is 589 g/mol. The van der Waals surface area contributed by atoms with Crippen LogP contribution in [-0.4, -0.2) is 57.7 Å². The number of methoxy groups -OCH3 is 2. The Bertz CT molecular complexity index is 1520. The highest BCUT2D eigenvalue weighted by Gasteiger charge is 2.42. The summed E-state index contributed by atoms with van der Waals surface area (Å²) in [5.74, 6) is 1.01. The fraction of sp³-hybridized carbons (Fsp3) is 0.290. The Balaban J connectivity index is 1.49. The van der Waals surface area contributed by atoms with Gasteiger partial charge in [-0.2, -0.15) is 4.98 Å². The van der Waals surface area contributed by atoms with E-state index in [1.807, 2.05) is 78.9 Å². The number of aliphatic hydroxyl groups excluding tert-OH is 1. The molecule has 0 aliphatic carbocycles. The van der Waals surface area contributed by atoms with E-state index >= 15 is 0 Å². The Hall–Kier alpha value is -4.19. The number of carbonyl (C=O) groups excluding carboxylic acids is 1. The maximum absolute atomic E-state index is 12.7. The standard InChI is InChI=1S/C31H32N4O6S/c1-20(36)33-29-32-19-35(30(38)34-29)28-17-26(37)27(42-28)18-41-31(21-7-5-4-6-8-21,22-9-13-24(39-2)14-10-22)23-11-15-25(40-3)16-12-23/h4-16,19,26-28,37H,17-18H2,1-3H3,(H,33,34,36,38)/t26-,27-,28-/m1/s1. The second kappa shape index (κ2) is 12.8. The van der Waals surface area contributed by atoms with Crippen LogP contribution >= 0.6 is 11.8 Å². The normalized spacial score (nSPS) is 18.4. The number of hydrogen-bond acceptors (Lipinski definition) is 9. The van der Waals surface area contributed by atoms with Gasteiger partial charge in [-0.15, -0.1) is 11.8 Å². The van der Waals surface area contributed by atoms with Crippen molar-refractivity contribution in [1.29, 1.82) is 0 Å². The first kappa shape index (κ1) is 29.3. The molecule has 10 nitrogen and oxygen atoms in total. The molecule has 218 valence electrons. The van der Waals surface area contributed by atoms with Crippen LogP contribution in [0.4, 0.5) is 5.95 Å². The second-order valence-corrected chi connectivity index (χ2v) is 11.2. The molecule has 0 radical (unpaired) electrons. The summed E-state index contributed by atoms with van der Waals surface area (Å²) in [7, 11) is 3.25. The van der Waals surface area contributed by atoms with E-state index in [0.29, 0.717) is 6.42 Å². The van der Waals surface area contributed by atoms with E-state index in [1.54, 1.807) is 14.2 Å². The minimum atomic E-state index is -1.03. The number of anilines is 1. The molecule has 1 amide bonds. The fourth-order valence-electron chi connectivity index (χ4n) is 5.08. The van der Waals surface area contributed by atoms with Gasteiger partial charge in [0, 0.05) is 13.3 Å². The maximum atomic E-state index is 12.7. The lowest BCUT2D eigenvalue weighted by molar-refractivity contribution is -0.114. The molecule has 3 atom stereocenters. The minimum Gasteiger partial charge on any atom is -0.497 e. The summed E-state index contributed by atoms with van der Waals surface area (Å²) in [6.07, 6.45) is 0.907. The predicted octanol–water partition coefficient (Wildman–Crippen LogP) is 3.99. The topological polar surface area (TPSA) is 125 Å². The van der Waals surface area contributed by atoms with E-state index in [9.17, 15) is 14.7 Å². The SMILES string of the molecule is COc1ccc(C(OC[C@H]2S[C@@H](n3cnc(NC(C)=O)nc3=O)C[C@H]2O)(c2ccccc2)c2ccc(OC)cc2)cc1. The molecular formula is C31H32N4O6S. The van der Waals surface area contributed by atoms with Crippen LogP contribution < -0.4 is 20.5 Å². The number of hydrogen-bond donors (Lipinski definition) is 2. The highest BCUT2D eigenvalue weighted by molar-refractivity contribution is 8.00. The highest BCUT2D eigenvalue weighted by atomic mass is 32.2. The van der Waals surface area contributed by atoms with E-state index in [4.69, 9.17) is 14.2 Å². The van der Waals surface area contributed by atoms with Crippen molar-refractivity contribution in [1.82, 2.24) is 14.5 Å². The van der Waals surface area contributed by atoms with E-state index < -0.39 is 22.8 Å². The third kappa shape index (κ3) is 6.03. The average Bonchev–Trinajstić information content (AvgIpc) is 3.38. The Morgan fingerprint density at radius 3 is 2.07 bits per heavy atom. The van der Waals surface area contributed by atoms with Crippen LogP contribution in [0.15, 0.2) is 90.0 Å². The van der Waals surface area contributed by atoms with Crippen molar-refractivity contribution in [2.24, 2.45) is 0 Å². The predicted molar refractivity (Wildman–Crippen MR) is 160 cm³/mol. The monoisotopic (exact) mass is 588 g/mol. The molecule has 3 aromatic carbocycles. The largest absolute Gasteiger partial charge is 0.497 e. The first-order valence-electron chi connectivity index (χ1n) is 13.4. The molecular weight excluding hydrogens is 556 g/mol. The van der Waals surface area contributed by atoms with Crippen LogP contribution in [0.1, 0.15) is 35.4 Å². The van der Waals surface area contributed by atoms with Crippen LogP contribution in [0.25, 0.3) is 0 Å². The lowest BCUT2D eigenvalue weighted by Crippen LogP contribution is -2.36. The molecule has 2 heterocycles. The molecule has 1 aromatic heterocycles. The van der Waals surface area contributed by atoms with Gasteiger partial charge in [-0.3, -0.25) is 14.7 Å². The molecule has 0 spiro atoms. The van der Waals surface area contributed by atoms with Gasteiger partial charge < -0.3 is 19.3 Å². The first-order valence-corrected chi connectivity index (χ1v) is 14.3. The van der Waals surface area contributed by atoms with Crippen LogP contribution in [0, 0.1) is 0 Å². The zero-order valence-corrected chi connectivity index (χ0v) is 24.3. The molecule has 4 aromatic rings. The molecule has 1 aliphatic rings. The van der Waals surface area contributed by atoms with Gasteiger partial charge in [-0.05, 0) is 41.0 Å². The lowest BCUT2D eigenvalue weighted by atomic mass is 9.80. The van der Waals surface area contributed by atoms with Gasteiger partial charge >= 0.3 is 5.69 Å². The summed E-state index contributed by atoms with van der Waals surface area (Å²) in [4.78, 5) is 32.0. The second-order valence-electron chi connectivity index (χ2n) is 9.80. The summed E-state index contributed by atoms with van der Waals surface area (Å²) in [5, 5.41) is 12.7. The quantitative estimate of drug-likeness (QED) is 0.265. The summed E-state index contributed by atoms with van der Waals surface area (Å²) < 4.78 is 19.1. The zero-order valence-electron chi connectivity index (χ0n) is 23.5. The van der Waals surface area contributed by atoms with Crippen molar-refractivity contribution in [2.75, 3.05) is 26.1 Å². The number of aromatic nitrogens is 3. The number of aliphatic hydroxyl groups is 1. The van der Waals surface area contributed by atoms with Crippen molar-refractivity contribution in [3.63, 3.8) is 0 Å². The van der Waals surface area contributed by atoms with Gasteiger partial charge in [-0.25, -0.2) is 9.78 Å². The van der Waals surface area contributed by atoms with Crippen molar-refractivity contribution in [2.45, 2.75) is 35.7 Å². The van der Waals surface area contributed by atoms with Gasteiger partial charge in [0.25, 0.3) is 0 Å². The summed E-state index contributed by atoms with van der Waals surface area (Å²) in [5.41, 5.74) is 1.08. The number of thioether (sulfide) groups is 1. The minimum absolute atomic E-state index is 0.0567. The van der Waals surface area contributed by atoms with Crippen molar-refractivity contribution in [3.05, 3.63) is 112 Å². The Kier molecular flexibility index (Phi) is 8.91. The highest BCUT2D eigenvalue weighted by Crippen LogP contribution is 2.45. The van der Waals surface area contributed by atoms with E-state index in [0.717, 1.165) is 28.2 Å². The number of amides is 1. The number of nitrogens with one attached hydrogen (secondary N) is 1. The number of rotatable bonds is 10. The zero-order chi connectivity index (χ0) is 29.7. The number of carbonyl (C=O) groups is 1. The van der Waals surface area contributed by atoms with Gasteiger partial charge in [0.1, 0.15) is 23.4 Å². The molecule has 0 bridgehead atoms. The van der Waals surface area contributed by atoms with Crippen LogP contribution in [-0.2, 0) is 15.1 Å². The van der Waals surface area contributed by atoms with Gasteiger partial charge in [0.2, 0.25) is 11.9 Å². The first-order chi connectivity index (χ1) is 20.3. The van der Waals surface area contributed by atoms with Crippen LogP contribution in [0.2, 0.25) is 0 Å². The molecule has 5 rings (SSSR count). The maximum Gasteiger partial charge on any atom is 0.353 e. The third-order valence-electron chi connectivity index (χ3n) is 7.17. The number of benzene rings is 3. The van der Waals surface area contributed by atoms with Crippen molar-refractivity contribution < 1.29 is 24.1 Å².